The van der Waals surface area contributed by atoms with Crippen LogP contribution in [0.2, 0.25) is 0 Å². The van der Waals surface area contributed by atoms with E-state index in [1.54, 1.807) is 4.57 Å². The van der Waals surface area contributed by atoms with Gasteiger partial charge in [-0.25, -0.2) is 4.79 Å². The first-order valence-electron chi connectivity index (χ1n) is 11.9. The second-order valence-corrected chi connectivity index (χ2v) is 9.23. The zero-order valence-electron chi connectivity index (χ0n) is 19.0. The van der Waals surface area contributed by atoms with Gasteiger partial charge in [0.1, 0.15) is 11.6 Å². The number of unbranched alkanes of at least 4 members (excludes halogenated alkanes) is 1. The number of anilines is 1. The van der Waals surface area contributed by atoms with Crippen LogP contribution in [0.25, 0.3) is 11.2 Å². The molecule has 0 bridgehead atoms. The molecule has 2 aliphatic rings. The average molecular weight is 432 g/mol. The lowest BCUT2D eigenvalue weighted by Crippen LogP contribution is -2.48. The minimum Gasteiger partial charge on any atom is -0.460 e. The second kappa shape index (κ2) is 9.99. The maximum atomic E-state index is 12.5. The van der Waals surface area contributed by atoms with Gasteiger partial charge in [0.05, 0.1) is 0 Å². The summed E-state index contributed by atoms with van der Waals surface area (Å²) in [6.07, 6.45) is 7.74. The Morgan fingerprint density at radius 1 is 1.06 bits per heavy atom. The van der Waals surface area contributed by atoms with Crippen LogP contribution in [-0.2, 0) is 6.54 Å². The molecule has 0 atom stereocenters. The van der Waals surface area contributed by atoms with Crippen molar-refractivity contribution in [1.29, 1.82) is 0 Å². The molecule has 0 amide bonds. The quantitative estimate of drug-likeness (QED) is 0.617. The highest BCUT2D eigenvalue weighted by Crippen LogP contribution is 2.24. The molecule has 172 valence electrons. The zero-order valence-corrected chi connectivity index (χ0v) is 19.0. The van der Waals surface area contributed by atoms with Crippen LogP contribution in [-0.4, -0.2) is 74.2 Å². The fourth-order valence-corrected chi connectivity index (χ4v) is 4.73. The molecule has 0 aromatic carbocycles. The number of ether oxygens (including phenoxy) is 1. The number of hydrogen-bond acceptors (Lipinski definition) is 7. The minimum absolute atomic E-state index is 0.140. The number of rotatable bonds is 8. The minimum atomic E-state index is -0.184. The van der Waals surface area contributed by atoms with Crippen molar-refractivity contribution >= 4 is 17.0 Å². The van der Waals surface area contributed by atoms with E-state index in [-0.39, 0.29) is 23.6 Å². The summed E-state index contributed by atoms with van der Waals surface area (Å²) in [6.45, 7) is 10.7. The van der Waals surface area contributed by atoms with Gasteiger partial charge in [-0.3, -0.25) is 9.47 Å². The molecule has 2 aromatic rings. The summed E-state index contributed by atoms with van der Waals surface area (Å²) in [6, 6.07) is 0.907. The first kappa shape index (κ1) is 22.1. The van der Waals surface area contributed by atoms with E-state index < -0.39 is 0 Å². The summed E-state index contributed by atoms with van der Waals surface area (Å²) < 4.78 is 7.68. The molecule has 1 saturated heterocycles. The van der Waals surface area contributed by atoms with Crippen LogP contribution in [0.5, 0.6) is 6.01 Å². The van der Waals surface area contributed by atoms with Gasteiger partial charge in [0.15, 0.2) is 11.5 Å². The van der Waals surface area contributed by atoms with Gasteiger partial charge in [-0.2, -0.15) is 9.97 Å². The Bertz CT molecular complexity index is 908. The van der Waals surface area contributed by atoms with Crippen molar-refractivity contribution in [1.82, 2.24) is 29.3 Å². The molecule has 9 heteroatoms. The van der Waals surface area contributed by atoms with E-state index in [2.05, 4.69) is 38.6 Å². The third-order valence-electron chi connectivity index (χ3n) is 6.70. The standard InChI is InChI=1S/C22H37N7O2/c1-16(2)28-14-12-27(13-15-28)10-6-7-11-29-20-18(24-22(29)30)19(23)25-21(26-20)31-17-8-4-3-5-9-17/h16-17H,3-15H2,1-2H3,(H,24,30)(H2,23,25,26). The normalized spacial score (nSPS) is 19.5. The summed E-state index contributed by atoms with van der Waals surface area (Å²) in [7, 11) is 0. The third-order valence-corrected chi connectivity index (χ3v) is 6.70. The number of nitrogens with one attached hydrogen (secondary N) is 1. The van der Waals surface area contributed by atoms with Gasteiger partial charge in [-0.1, -0.05) is 6.42 Å². The van der Waals surface area contributed by atoms with Crippen LogP contribution in [0.4, 0.5) is 5.82 Å². The monoisotopic (exact) mass is 431 g/mol. The molecule has 1 aliphatic carbocycles. The van der Waals surface area contributed by atoms with Crippen molar-refractivity contribution in [2.24, 2.45) is 0 Å². The molecule has 2 fully saturated rings. The molecule has 0 unspecified atom stereocenters. The molecule has 3 heterocycles. The lowest BCUT2D eigenvalue weighted by atomic mass is 9.98. The van der Waals surface area contributed by atoms with Gasteiger partial charge >= 0.3 is 11.7 Å². The summed E-state index contributed by atoms with van der Waals surface area (Å²) in [5, 5.41) is 0. The van der Waals surface area contributed by atoms with Gasteiger partial charge in [-0.15, -0.1) is 0 Å². The van der Waals surface area contributed by atoms with Crippen molar-refractivity contribution in [3.8, 4) is 6.01 Å². The number of fused-ring (bicyclic) bond motifs is 1. The van der Waals surface area contributed by atoms with Crippen molar-refractivity contribution in [3.05, 3.63) is 10.5 Å². The Morgan fingerprint density at radius 2 is 1.77 bits per heavy atom. The Balaban J connectivity index is 1.35. The van der Waals surface area contributed by atoms with E-state index in [0.29, 0.717) is 23.8 Å². The highest BCUT2D eigenvalue weighted by Gasteiger charge is 2.20. The number of imidazole rings is 1. The smallest absolute Gasteiger partial charge is 0.327 e. The third kappa shape index (κ3) is 5.38. The lowest BCUT2D eigenvalue weighted by Gasteiger charge is -2.36. The van der Waals surface area contributed by atoms with Gasteiger partial charge in [0.2, 0.25) is 0 Å². The number of hydrogen-bond donors (Lipinski definition) is 2. The number of aryl methyl sites for hydroxylation is 1. The van der Waals surface area contributed by atoms with Crippen molar-refractivity contribution in [3.63, 3.8) is 0 Å². The van der Waals surface area contributed by atoms with Crippen LogP contribution < -0.4 is 16.2 Å². The van der Waals surface area contributed by atoms with Crippen LogP contribution >= 0.6 is 0 Å². The van der Waals surface area contributed by atoms with Crippen molar-refractivity contribution in [2.75, 3.05) is 38.5 Å². The average Bonchev–Trinajstić information content (AvgIpc) is 3.08. The summed E-state index contributed by atoms with van der Waals surface area (Å²) in [5.41, 5.74) is 6.98. The predicted octanol–water partition coefficient (Wildman–Crippen LogP) is 2.22. The Kier molecular flexibility index (Phi) is 7.12. The van der Waals surface area contributed by atoms with Crippen LogP contribution in [0.3, 0.4) is 0 Å². The molecule has 31 heavy (non-hydrogen) atoms. The maximum Gasteiger partial charge on any atom is 0.327 e. The number of nitrogens with zero attached hydrogens (tertiary/aromatic N) is 5. The second-order valence-electron chi connectivity index (χ2n) is 9.23. The van der Waals surface area contributed by atoms with Crippen molar-refractivity contribution < 1.29 is 4.74 Å². The highest BCUT2D eigenvalue weighted by atomic mass is 16.5. The molecule has 1 saturated carbocycles. The van der Waals surface area contributed by atoms with E-state index in [1.165, 1.54) is 19.3 Å². The largest absolute Gasteiger partial charge is 0.460 e. The van der Waals surface area contributed by atoms with E-state index in [0.717, 1.165) is 58.4 Å². The van der Waals surface area contributed by atoms with E-state index >= 15 is 0 Å². The van der Waals surface area contributed by atoms with Gasteiger partial charge < -0.3 is 20.4 Å². The fourth-order valence-electron chi connectivity index (χ4n) is 4.73. The summed E-state index contributed by atoms with van der Waals surface area (Å²) in [5.74, 6) is 0.273. The zero-order chi connectivity index (χ0) is 21.8. The number of H-pyrrole nitrogens is 1. The lowest BCUT2D eigenvalue weighted by molar-refractivity contribution is 0.107. The highest BCUT2D eigenvalue weighted by molar-refractivity contribution is 5.81. The van der Waals surface area contributed by atoms with Crippen molar-refractivity contribution in [2.45, 2.75) is 77.5 Å². The molecule has 0 radical (unpaired) electrons. The Hall–Kier alpha value is -2.13. The maximum absolute atomic E-state index is 12.5. The number of nitrogen functional groups attached to an aromatic ring is 1. The SMILES string of the molecule is CC(C)N1CCN(CCCCn2c(=O)[nH]c3c(N)nc(OC4CCCCC4)nc32)CC1. The van der Waals surface area contributed by atoms with Crippen LogP contribution in [0.15, 0.2) is 4.79 Å². The van der Waals surface area contributed by atoms with Crippen LogP contribution in [0, 0.1) is 0 Å². The molecule has 3 N–H and O–H groups in total. The summed E-state index contributed by atoms with van der Waals surface area (Å²) >= 11 is 0. The molecule has 0 spiro atoms. The van der Waals surface area contributed by atoms with Gasteiger partial charge in [0, 0.05) is 38.8 Å². The molecule has 9 nitrogen and oxygen atoms in total. The van der Waals surface area contributed by atoms with Gasteiger partial charge in [-0.05, 0) is 58.9 Å². The Labute approximate surface area is 184 Å². The summed E-state index contributed by atoms with van der Waals surface area (Å²) in [4.78, 5) is 29.2. The predicted molar refractivity (Wildman–Crippen MR) is 122 cm³/mol. The number of piperazine rings is 1. The van der Waals surface area contributed by atoms with E-state index in [4.69, 9.17) is 10.5 Å². The molecular formula is C22H37N7O2. The Morgan fingerprint density at radius 3 is 2.48 bits per heavy atom. The molecule has 1 aliphatic heterocycles. The van der Waals surface area contributed by atoms with E-state index in [9.17, 15) is 4.79 Å². The first-order chi connectivity index (χ1) is 15.0. The molecular weight excluding hydrogens is 394 g/mol. The van der Waals surface area contributed by atoms with E-state index in [1.807, 2.05) is 0 Å². The fraction of sp³-hybridized carbons (Fsp3) is 0.773. The topological polar surface area (TPSA) is 105 Å². The molecule has 4 rings (SSSR count). The van der Waals surface area contributed by atoms with Crippen LogP contribution in [0.1, 0.15) is 58.8 Å². The number of aromatic amines is 1. The van der Waals surface area contributed by atoms with Gasteiger partial charge in [0.25, 0.3) is 0 Å². The number of nitrogens with two attached hydrogens (primary N) is 1. The molecule has 2 aromatic heterocycles. The first-order valence-corrected chi connectivity index (χ1v) is 11.9. The number of aromatic nitrogens is 4.